The van der Waals surface area contributed by atoms with Gasteiger partial charge in [0.15, 0.2) is 17.2 Å². The van der Waals surface area contributed by atoms with Gasteiger partial charge < -0.3 is 19.9 Å². The molecule has 2 heterocycles. The number of aromatic amines is 1. The molecule has 2 aromatic carbocycles. The van der Waals surface area contributed by atoms with E-state index >= 15 is 0 Å². The Morgan fingerprint density at radius 1 is 1.17 bits per heavy atom. The highest BCUT2D eigenvalue weighted by molar-refractivity contribution is 6.03. The number of anilines is 2. The summed E-state index contributed by atoms with van der Waals surface area (Å²) in [5, 5.41) is 16.2. The number of aliphatic carboxylic acids is 1. The van der Waals surface area contributed by atoms with Gasteiger partial charge in [-0.05, 0) is 85.3 Å². The average molecular weight is 638 g/mol. The maximum atomic E-state index is 13.5. The van der Waals surface area contributed by atoms with Crippen LogP contribution in [0.4, 0.5) is 17.1 Å². The molecule has 1 aliphatic rings. The molecule has 0 spiro atoms. The van der Waals surface area contributed by atoms with Gasteiger partial charge in [0.05, 0.1) is 12.3 Å². The van der Waals surface area contributed by atoms with Crippen molar-refractivity contribution in [3.63, 3.8) is 0 Å². The molecule has 5 rings (SSSR count). The third kappa shape index (κ3) is 6.89. The van der Waals surface area contributed by atoms with Gasteiger partial charge in [-0.2, -0.15) is 0 Å². The molecule has 0 aliphatic heterocycles. The number of nitrogens with one attached hydrogen (secondary N) is 2. The molecule has 0 bridgehead atoms. The molecule has 2 aromatic heterocycles. The Morgan fingerprint density at radius 3 is 2.53 bits per heavy atom. The molecule has 0 radical (unpaired) electrons. The zero-order valence-electron chi connectivity index (χ0n) is 28.0. The first-order chi connectivity index (χ1) is 22.3. The first-order valence-electron chi connectivity index (χ1n) is 16.1. The van der Waals surface area contributed by atoms with Crippen LogP contribution in [0.3, 0.4) is 0 Å². The predicted octanol–water partition coefficient (Wildman–Crippen LogP) is 8.91. The number of benzene rings is 2. The van der Waals surface area contributed by atoms with E-state index < -0.39 is 11.9 Å². The lowest BCUT2D eigenvalue weighted by atomic mass is 9.75. The maximum absolute atomic E-state index is 13.5. The number of carbonyl (C=O) groups is 2. The number of H-pyrrole nitrogens is 1. The van der Waals surface area contributed by atoms with Crippen LogP contribution in [-0.4, -0.2) is 37.7 Å². The first kappa shape index (κ1) is 33.3. The van der Waals surface area contributed by atoms with Crippen LogP contribution < -0.4 is 10.1 Å². The zero-order chi connectivity index (χ0) is 34.0. The minimum absolute atomic E-state index is 0.114. The number of allylic oxidation sites excluding steroid dienone is 1. The van der Waals surface area contributed by atoms with E-state index in [1.54, 1.807) is 23.7 Å². The van der Waals surface area contributed by atoms with Crippen molar-refractivity contribution < 1.29 is 24.2 Å². The molecule has 1 aliphatic carbocycles. The quantitative estimate of drug-likeness (QED) is 0.0687. The van der Waals surface area contributed by atoms with Gasteiger partial charge in [-0.3, -0.25) is 9.61 Å². The van der Waals surface area contributed by atoms with Gasteiger partial charge >= 0.3 is 11.9 Å². The van der Waals surface area contributed by atoms with Crippen LogP contribution in [-0.2, 0) is 14.9 Å². The van der Waals surface area contributed by atoms with E-state index in [9.17, 15) is 14.7 Å². The van der Waals surface area contributed by atoms with Gasteiger partial charge in [0.1, 0.15) is 11.7 Å². The molecule has 0 saturated heterocycles. The number of esters is 1. The smallest absolute Gasteiger partial charge is 0.371 e. The Bertz CT molecular complexity index is 1870. The first-order valence-corrected chi connectivity index (χ1v) is 16.1. The van der Waals surface area contributed by atoms with E-state index in [0.717, 1.165) is 30.4 Å². The van der Waals surface area contributed by atoms with E-state index in [0.29, 0.717) is 34.5 Å². The molecule has 246 valence electrons. The normalized spacial score (nSPS) is 20.1. The SMILES string of the molecule is [C-]#[N+]c1cn2[nH]c(-c3cccc(Nc4cc(C(C)(C)CC)ccc4O/C(=C/C)C(=O)O)c3)nc2c1C(=O)OC1C(C)CC(C)CC1C. The van der Waals surface area contributed by atoms with E-state index in [-0.39, 0.29) is 40.4 Å². The van der Waals surface area contributed by atoms with Gasteiger partial charge in [-0.15, -0.1) is 0 Å². The molecule has 1 fully saturated rings. The Kier molecular flexibility index (Phi) is 9.48. The van der Waals surface area contributed by atoms with E-state index in [4.69, 9.17) is 21.0 Å². The van der Waals surface area contributed by atoms with Crippen molar-refractivity contribution in [1.82, 2.24) is 14.6 Å². The number of aromatic nitrogens is 3. The summed E-state index contributed by atoms with van der Waals surface area (Å²) in [7, 11) is 0. The molecule has 3 N–H and O–H groups in total. The van der Waals surface area contributed by atoms with Gasteiger partial charge in [-0.1, -0.05) is 59.7 Å². The maximum Gasteiger partial charge on any atom is 0.371 e. The highest BCUT2D eigenvalue weighted by Gasteiger charge is 2.35. The number of carboxylic acid groups (broad SMARTS) is 1. The van der Waals surface area contributed by atoms with E-state index in [1.165, 1.54) is 6.08 Å². The minimum Gasteiger partial charge on any atom is -0.475 e. The molecule has 47 heavy (non-hydrogen) atoms. The third-order valence-corrected chi connectivity index (χ3v) is 9.39. The topological polar surface area (TPSA) is 122 Å². The lowest BCUT2D eigenvalue weighted by molar-refractivity contribution is -0.135. The lowest BCUT2D eigenvalue weighted by Gasteiger charge is -2.37. The summed E-state index contributed by atoms with van der Waals surface area (Å²) in [5.41, 5.74) is 3.70. The van der Waals surface area contributed by atoms with E-state index in [1.807, 2.05) is 36.4 Å². The van der Waals surface area contributed by atoms with Crippen LogP contribution in [0.25, 0.3) is 21.9 Å². The van der Waals surface area contributed by atoms with Crippen molar-refractivity contribution in [2.75, 3.05) is 5.32 Å². The molecule has 1 saturated carbocycles. The van der Waals surface area contributed by atoms with Crippen molar-refractivity contribution in [3.05, 3.63) is 83.0 Å². The Balaban J connectivity index is 1.47. The molecular weight excluding hydrogens is 594 g/mol. The standard InChI is InChI=1S/C37H43N5O5/c1-9-29(35(43)44)46-30-15-14-25(37(6,7)10-2)19-27(30)39-26-13-11-12-24(18-26)33-40-34-31(28(38-8)20-42(34)41-33)36(45)47-32-22(4)16-21(3)17-23(32)5/h9,11-15,18-23,32,39H,10,16-17H2,1-7H3,(H,40,41)(H,43,44)/b29-9+. The van der Waals surface area contributed by atoms with Crippen molar-refractivity contribution in [1.29, 1.82) is 0 Å². The van der Waals surface area contributed by atoms with Gasteiger partial charge in [0, 0.05) is 17.4 Å². The van der Waals surface area contributed by atoms with Crippen LogP contribution in [0.2, 0.25) is 0 Å². The van der Waals surface area contributed by atoms with Gasteiger partial charge in [0.2, 0.25) is 11.4 Å². The monoisotopic (exact) mass is 637 g/mol. The number of ether oxygens (including phenoxy) is 2. The molecule has 10 heteroatoms. The fourth-order valence-corrected chi connectivity index (χ4v) is 6.53. The average Bonchev–Trinajstić information content (AvgIpc) is 3.60. The fraction of sp³-hybridized carbons (Fsp3) is 0.405. The number of hydrogen-bond donors (Lipinski definition) is 3. The van der Waals surface area contributed by atoms with Gasteiger partial charge in [0.25, 0.3) is 0 Å². The highest BCUT2D eigenvalue weighted by Crippen LogP contribution is 2.38. The number of hydrogen-bond acceptors (Lipinski definition) is 6. The molecule has 2 atom stereocenters. The number of fused-ring (bicyclic) bond motifs is 1. The Labute approximate surface area is 275 Å². The van der Waals surface area contributed by atoms with Crippen LogP contribution in [0.15, 0.2) is 60.5 Å². The highest BCUT2D eigenvalue weighted by atomic mass is 16.5. The number of nitrogens with zero attached hydrogens (tertiary/aromatic N) is 3. The number of carbonyl (C=O) groups excluding carboxylic acids is 1. The van der Waals surface area contributed by atoms with E-state index in [2.05, 4.69) is 56.8 Å². The third-order valence-electron chi connectivity index (χ3n) is 9.39. The fourth-order valence-electron chi connectivity index (χ4n) is 6.53. The Hall–Kier alpha value is -5.04. The molecule has 10 nitrogen and oxygen atoms in total. The molecular formula is C37H43N5O5. The summed E-state index contributed by atoms with van der Waals surface area (Å²) >= 11 is 0. The van der Waals surface area contributed by atoms with Crippen LogP contribution in [0, 0.1) is 24.3 Å². The lowest BCUT2D eigenvalue weighted by Crippen LogP contribution is -2.37. The second kappa shape index (κ2) is 13.4. The van der Waals surface area contributed by atoms with Crippen molar-refractivity contribution in [2.24, 2.45) is 17.8 Å². The summed E-state index contributed by atoms with van der Waals surface area (Å²) in [6.07, 6.45) is 5.65. The van der Waals surface area contributed by atoms with Crippen LogP contribution >= 0.6 is 0 Å². The number of rotatable bonds is 10. The summed E-state index contributed by atoms with van der Waals surface area (Å²) in [4.78, 5) is 33.6. The predicted molar refractivity (Wildman–Crippen MR) is 182 cm³/mol. The Morgan fingerprint density at radius 2 is 1.89 bits per heavy atom. The van der Waals surface area contributed by atoms with Crippen molar-refractivity contribution in [2.45, 2.75) is 79.2 Å². The molecule has 0 amide bonds. The van der Waals surface area contributed by atoms with Crippen LogP contribution in [0.1, 0.15) is 83.7 Å². The zero-order valence-corrected chi connectivity index (χ0v) is 28.0. The summed E-state index contributed by atoms with van der Waals surface area (Å²) in [5.74, 6) is 0.0448. The van der Waals surface area contributed by atoms with Crippen molar-refractivity contribution >= 4 is 34.6 Å². The van der Waals surface area contributed by atoms with Crippen molar-refractivity contribution in [3.8, 4) is 17.1 Å². The molecule has 2 unspecified atom stereocenters. The summed E-state index contributed by atoms with van der Waals surface area (Å²) < 4.78 is 13.4. The minimum atomic E-state index is -1.16. The molecule has 4 aromatic rings. The second-order valence-electron chi connectivity index (χ2n) is 13.4. The van der Waals surface area contributed by atoms with Crippen LogP contribution in [0.5, 0.6) is 5.75 Å². The number of carboxylic acids is 1. The summed E-state index contributed by atoms with van der Waals surface area (Å²) in [6.45, 7) is 22.2. The van der Waals surface area contributed by atoms with Gasteiger partial charge in [-0.25, -0.2) is 19.4 Å². The largest absolute Gasteiger partial charge is 0.475 e. The second-order valence-corrected chi connectivity index (χ2v) is 13.4. The summed E-state index contributed by atoms with van der Waals surface area (Å²) in [6, 6.07) is 13.3.